The lowest BCUT2D eigenvalue weighted by Crippen LogP contribution is -2.51. The number of benzene rings is 1. The monoisotopic (exact) mass is 474 g/mol. The smallest absolute Gasteiger partial charge is 0.316 e. The molecule has 182 valence electrons. The van der Waals surface area contributed by atoms with Crippen LogP contribution in [0.1, 0.15) is 56.2 Å². The summed E-state index contributed by atoms with van der Waals surface area (Å²) < 4.78 is 22.8. The molecule has 33 heavy (non-hydrogen) atoms. The molecule has 0 aromatic heterocycles. The first-order valence-corrected chi connectivity index (χ1v) is 14.5. The third-order valence-corrected chi connectivity index (χ3v) is 12.3. The molecule has 7 heteroatoms. The van der Waals surface area contributed by atoms with Crippen LogP contribution in [-0.2, 0) is 29.9 Å². The normalized spacial score (nSPS) is 24.7. The molecule has 0 aliphatic heterocycles. The Labute approximate surface area is 198 Å². The minimum atomic E-state index is -2.24. The fraction of sp³-hybridized carbons (Fsp3) is 0.615. The molecule has 0 fully saturated rings. The molecule has 1 aromatic carbocycles. The van der Waals surface area contributed by atoms with E-state index >= 15 is 0 Å². The van der Waals surface area contributed by atoms with Crippen LogP contribution in [0.4, 0.5) is 0 Å². The molecular weight excluding hydrogens is 436 g/mol. The van der Waals surface area contributed by atoms with Gasteiger partial charge in [0, 0.05) is 5.92 Å². The number of allylic oxidation sites excluding steroid dienone is 1. The summed E-state index contributed by atoms with van der Waals surface area (Å²) in [5.41, 5.74) is 2.25. The van der Waals surface area contributed by atoms with E-state index < -0.39 is 25.6 Å². The van der Waals surface area contributed by atoms with Gasteiger partial charge < -0.3 is 18.6 Å². The molecular formula is C26H38O6Si. The molecule has 0 N–H and O–H groups in total. The zero-order valence-electron chi connectivity index (χ0n) is 21.5. The molecule has 2 aliphatic carbocycles. The molecule has 1 aromatic rings. The van der Waals surface area contributed by atoms with Gasteiger partial charge in [-0.2, -0.15) is 0 Å². The van der Waals surface area contributed by atoms with E-state index in [4.69, 9.17) is 18.6 Å². The third-order valence-electron chi connectivity index (χ3n) is 7.96. The first-order valence-electron chi connectivity index (χ1n) is 11.6. The molecule has 0 amide bonds. The van der Waals surface area contributed by atoms with E-state index in [1.165, 1.54) is 14.2 Å². The Morgan fingerprint density at radius 3 is 2.30 bits per heavy atom. The molecule has 0 unspecified atom stereocenters. The molecule has 0 saturated heterocycles. The number of fused-ring (bicyclic) bond motifs is 3. The lowest BCUT2D eigenvalue weighted by Gasteiger charge is -2.50. The quantitative estimate of drug-likeness (QED) is 0.426. The Morgan fingerprint density at radius 1 is 1.09 bits per heavy atom. The molecule has 0 spiro atoms. The van der Waals surface area contributed by atoms with E-state index in [2.05, 4.69) is 33.9 Å². The van der Waals surface area contributed by atoms with E-state index in [1.807, 2.05) is 25.1 Å². The average molecular weight is 475 g/mol. The van der Waals surface area contributed by atoms with E-state index in [0.717, 1.165) is 22.4 Å². The topological polar surface area (TPSA) is 71.1 Å². The van der Waals surface area contributed by atoms with Crippen LogP contribution < -0.4 is 4.74 Å². The first kappa shape index (κ1) is 25.3. The van der Waals surface area contributed by atoms with Gasteiger partial charge in [0.15, 0.2) is 0 Å². The Kier molecular flexibility index (Phi) is 6.77. The highest BCUT2D eigenvalue weighted by atomic mass is 28.4. The minimum Gasteiger partial charge on any atom is -0.546 e. The van der Waals surface area contributed by atoms with Crippen LogP contribution in [0.2, 0.25) is 18.1 Å². The number of rotatable bonds is 5. The van der Waals surface area contributed by atoms with E-state index in [0.29, 0.717) is 25.0 Å². The summed E-state index contributed by atoms with van der Waals surface area (Å²) in [6.45, 7) is 12.8. The molecule has 3 rings (SSSR count). The van der Waals surface area contributed by atoms with Crippen molar-refractivity contribution < 1.29 is 28.2 Å². The summed E-state index contributed by atoms with van der Waals surface area (Å²) in [6, 6.07) is 3.98. The van der Waals surface area contributed by atoms with Crippen LogP contribution in [-0.4, -0.2) is 41.6 Å². The number of carbonyl (C=O) groups is 2. The summed E-state index contributed by atoms with van der Waals surface area (Å²) in [5.74, 6) is -0.428. The number of hydrogen-bond donors (Lipinski definition) is 0. The Balaban J connectivity index is 2.26. The average Bonchev–Trinajstić information content (AvgIpc) is 2.76. The van der Waals surface area contributed by atoms with Crippen LogP contribution in [0.3, 0.4) is 0 Å². The SMILES string of the molecule is COC(=O)[C@@H]1C(O[Si](C)(C)C(C)(C)C)=CC[C@@]2(C(=O)OC)CCc3cc(OC)cc(C)c3[C@@H]12. The number of hydrogen-bond acceptors (Lipinski definition) is 6. The summed E-state index contributed by atoms with van der Waals surface area (Å²) in [7, 11) is 2.22. The number of aryl methyl sites for hydroxylation is 2. The number of ether oxygens (including phenoxy) is 3. The van der Waals surface area contributed by atoms with Gasteiger partial charge in [0.1, 0.15) is 11.7 Å². The standard InChI is InChI=1S/C26H38O6Si/c1-16-14-18(29-5)15-17-10-12-26(24(28)31-7)13-11-19(32-33(8,9)25(2,3)4)21(23(27)30-6)22(26)20(16)17/h11,14-15,21-22H,10,12-13H2,1-9H3/t21-,22+,26+/m1/s1. The molecule has 6 nitrogen and oxygen atoms in total. The summed E-state index contributed by atoms with van der Waals surface area (Å²) in [6.07, 6.45) is 3.70. The van der Waals surface area contributed by atoms with Gasteiger partial charge in [0.2, 0.25) is 8.32 Å². The molecule has 2 aliphatic rings. The number of methoxy groups -OCH3 is 3. The Bertz CT molecular complexity index is 974. The van der Waals surface area contributed by atoms with Crippen molar-refractivity contribution in [1.29, 1.82) is 0 Å². The Morgan fingerprint density at radius 2 is 1.76 bits per heavy atom. The molecule has 0 saturated carbocycles. The maximum atomic E-state index is 13.4. The second-order valence-corrected chi connectivity index (χ2v) is 15.5. The highest BCUT2D eigenvalue weighted by Crippen LogP contribution is 2.59. The largest absolute Gasteiger partial charge is 0.546 e. The fourth-order valence-corrected chi connectivity index (χ4v) is 6.24. The van der Waals surface area contributed by atoms with Crippen LogP contribution in [0.5, 0.6) is 5.75 Å². The van der Waals surface area contributed by atoms with Crippen molar-refractivity contribution in [2.45, 2.75) is 71.0 Å². The van der Waals surface area contributed by atoms with Crippen LogP contribution in [0.25, 0.3) is 0 Å². The maximum Gasteiger partial charge on any atom is 0.316 e. The summed E-state index contributed by atoms with van der Waals surface area (Å²) in [5, 5.41) is -0.0425. The van der Waals surface area contributed by atoms with Crippen LogP contribution in [0, 0.1) is 18.3 Å². The van der Waals surface area contributed by atoms with Crippen LogP contribution in [0.15, 0.2) is 24.0 Å². The predicted octanol–water partition coefficient (Wildman–Crippen LogP) is 5.29. The van der Waals surface area contributed by atoms with E-state index in [9.17, 15) is 9.59 Å². The minimum absolute atomic E-state index is 0.0425. The van der Waals surface area contributed by atoms with Crippen LogP contribution >= 0.6 is 0 Å². The van der Waals surface area contributed by atoms with Gasteiger partial charge in [0.05, 0.1) is 32.5 Å². The lowest BCUT2D eigenvalue weighted by molar-refractivity contribution is -0.160. The molecule has 3 atom stereocenters. The van der Waals surface area contributed by atoms with Crippen molar-refractivity contribution >= 4 is 20.3 Å². The van der Waals surface area contributed by atoms with Crippen molar-refractivity contribution in [2.24, 2.45) is 11.3 Å². The number of carbonyl (C=O) groups excluding carboxylic acids is 2. The van der Waals surface area contributed by atoms with Crippen molar-refractivity contribution in [3.63, 3.8) is 0 Å². The zero-order valence-corrected chi connectivity index (χ0v) is 22.5. The second kappa shape index (κ2) is 8.82. The van der Waals surface area contributed by atoms with Gasteiger partial charge in [-0.15, -0.1) is 0 Å². The number of esters is 2. The Hall–Kier alpha value is -2.28. The van der Waals surface area contributed by atoms with Crippen molar-refractivity contribution in [3.8, 4) is 5.75 Å². The summed E-state index contributed by atoms with van der Waals surface area (Å²) in [4.78, 5) is 26.7. The molecule has 0 heterocycles. The molecule has 0 bridgehead atoms. The second-order valence-electron chi connectivity index (χ2n) is 10.8. The van der Waals surface area contributed by atoms with E-state index in [1.54, 1.807) is 7.11 Å². The fourth-order valence-electron chi connectivity index (χ4n) is 5.13. The van der Waals surface area contributed by atoms with Crippen molar-refractivity contribution in [2.75, 3.05) is 21.3 Å². The van der Waals surface area contributed by atoms with Gasteiger partial charge in [-0.1, -0.05) is 20.8 Å². The van der Waals surface area contributed by atoms with Gasteiger partial charge in [-0.25, -0.2) is 0 Å². The lowest BCUT2D eigenvalue weighted by atomic mass is 9.55. The van der Waals surface area contributed by atoms with Gasteiger partial charge >= 0.3 is 11.9 Å². The first-order chi connectivity index (χ1) is 15.3. The van der Waals surface area contributed by atoms with Gasteiger partial charge in [0.25, 0.3) is 0 Å². The highest BCUT2D eigenvalue weighted by molar-refractivity contribution is 6.74. The van der Waals surface area contributed by atoms with E-state index in [-0.39, 0.29) is 17.0 Å². The highest BCUT2D eigenvalue weighted by Gasteiger charge is 2.59. The van der Waals surface area contributed by atoms with Crippen molar-refractivity contribution in [3.05, 3.63) is 40.7 Å². The third kappa shape index (κ3) is 4.20. The van der Waals surface area contributed by atoms with Gasteiger partial charge in [-0.3, -0.25) is 9.59 Å². The predicted molar refractivity (Wildman–Crippen MR) is 130 cm³/mol. The van der Waals surface area contributed by atoms with Gasteiger partial charge in [-0.05, 0) is 79.2 Å². The summed E-state index contributed by atoms with van der Waals surface area (Å²) >= 11 is 0. The maximum absolute atomic E-state index is 13.4. The molecule has 0 radical (unpaired) electrons. The van der Waals surface area contributed by atoms with Crippen molar-refractivity contribution in [1.82, 2.24) is 0 Å². The zero-order chi connectivity index (χ0) is 24.8.